The quantitative estimate of drug-likeness (QED) is 0.124. The van der Waals surface area contributed by atoms with Crippen LogP contribution in [0.3, 0.4) is 0 Å². The van der Waals surface area contributed by atoms with Crippen molar-refractivity contribution in [3.05, 3.63) is 0 Å². The fourth-order valence-corrected chi connectivity index (χ4v) is 5.21. The first-order valence-electron chi connectivity index (χ1n) is 14.0. The summed E-state index contributed by atoms with van der Waals surface area (Å²) in [6.45, 7) is 4.61. The molecule has 0 atom stereocenters. The Morgan fingerprint density at radius 2 is 0.483 bits per heavy atom. The molecule has 0 aliphatic heterocycles. The Kier molecular flexibility index (Phi) is 28.7. The van der Waals surface area contributed by atoms with Crippen molar-refractivity contribution in [2.75, 3.05) is 11.5 Å². The average Bonchev–Trinajstić information content (AvgIpc) is 2.74. The van der Waals surface area contributed by atoms with E-state index in [1.165, 1.54) is 166 Å². The van der Waals surface area contributed by atoms with Gasteiger partial charge in [-0.25, -0.2) is 0 Å². The Morgan fingerprint density at radius 1 is 0.276 bits per heavy atom. The molecule has 0 unspecified atom stereocenters. The van der Waals surface area contributed by atoms with Gasteiger partial charge in [0.15, 0.2) is 0 Å². The molecular formula is C28H58S. The fraction of sp³-hybridized carbons (Fsp3) is 1.00. The molecule has 0 N–H and O–H groups in total. The van der Waals surface area contributed by atoms with Gasteiger partial charge >= 0.3 is 0 Å². The predicted molar refractivity (Wildman–Crippen MR) is 139 cm³/mol. The molecule has 0 radical (unpaired) electrons. The highest BCUT2D eigenvalue weighted by molar-refractivity contribution is 7.99. The van der Waals surface area contributed by atoms with E-state index in [1.807, 2.05) is 0 Å². The van der Waals surface area contributed by atoms with E-state index < -0.39 is 0 Å². The minimum absolute atomic E-state index is 1.37. The maximum Gasteiger partial charge on any atom is -0.00675 e. The van der Waals surface area contributed by atoms with E-state index in [4.69, 9.17) is 0 Å². The van der Waals surface area contributed by atoms with Gasteiger partial charge in [-0.1, -0.05) is 155 Å². The molecule has 0 heterocycles. The Hall–Kier alpha value is 0.350. The van der Waals surface area contributed by atoms with Crippen LogP contribution in [0.25, 0.3) is 0 Å². The molecule has 0 saturated carbocycles. The molecule has 0 aliphatic carbocycles. The van der Waals surface area contributed by atoms with Gasteiger partial charge in [0.05, 0.1) is 0 Å². The van der Waals surface area contributed by atoms with Crippen LogP contribution in [0.1, 0.15) is 168 Å². The summed E-state index contributed by atoms with van der Waals surface area (Å²) in [5.74, 6) is 2.82. The van der Waals surface area contributed by atoms with Gasteiger partial charge in [-0.05, 0) is 24.3 Å². The summed E-state index contributed by atoms with van der Waals surface area (Å²) in [7, 11) is 0. The molecule has 0 rings (SSSR count). The molecule has 29 heavy (non-hydrogen) atoms. The molecule has 0 fully saturated rings. The summed E-state index contributed by atoms with van der Waals surface area (Å²) in [5.41, 5.74) is 0. The van der Waals surface area contributed by atoms with E-state index in [0.717, 1.165) is 0 Å². The lowest BCUT2D eigenvalue weighted by Crippen LogP contribution is -1.87. The minimum atomic E-state index is 1.37. The second-order valence-electron chi connectivity index (χ2n) is 9.39. The Morgan fingerprint density at radius 3 is 0.724 bits per heavy atom. The van der Waals surface area contributed by atoms with Gasteiger partial charge in [0.25, 0.3) is 0 Å². The third-order valence-electron chi connectivity index (χ3n) is 6.28. The second kappa shape index (κ2) is 28.4. The summed E-state index contributed by atoms with van der Waals surface area (Å²) >= 11 is 2.22. The topological polar surface area (TPSA) is 0 Å². The van der Waals surface area contributed by atoms with Crippen LogP contribution in [0.4, 0.5) is 0 Å². The van der Waals surface area contributed by atoms with Crippen molar-refractivity contribution >= 4 is 11.8 Å². The largest absolute Gasteiger partial charge is 0.162 e. The first-order chi connectivity index (χ1) is 14.4. The fourth-order valence-electron chi connectivity index (χ4n) is 4.19. The lowest BCUT2D eigenvalue weighted by molar-refractivity contribution is 0.547. The molecule has 0 aromatic rings. The summed E-state index contributed by atoms with van der Waals surface area (Å²) in [5, 5.41) is 0. The molecule has 0 spiro atoms. The first kappa shape index (κ1) is 29.4. The van der Waals surface area contributed by atoms with Gasteiger partial charge in [0.1, 0.15) is 0 Å². The lowest BCUT2D eigenvalue weighted by Gasteiger charge is -2.04. The van der Waals surface area contributed by atoms with Gasteiger partial charge in [-0.3, -0.25) is 0 Å². The van der Waals surface area contributed by atoms with Crippen LogP contribution in [0.5, 0.6) is 0 Å². The first-order valence-corrected chi connectivity index (χ1v) is 15.1. The molecule has 0 aromatic heterocycles. The third-order valence-corrected chi connectivity index (χ3v) is 7.44. The van der Waals surface area contributed by atoms with Crippen LogP contribution in [-0.4, -0.2) is 11.5 Å². The van der Waals surface area contributed by atoms with Crippen molar-refractivity contribution in [1.82, 2.24) is 0 Å². The monoisotopic (exact) mass is 426 g/mol. The van der Waals surface area contributed by atoms with Crippen LogP contribution in [0.2, 0.25) is 0 Å². The molecule has 176 valence electrons. The maximum atomic E-state index is 2.30. The standard InChI is InChI=1S/C28H58S/c1-3-5-7-9-11-13-15-17-19-21-23-25-27-29-28-26-24-22-20-18-16-14-12-10-8-6-4-2/h3-28H2,1-2H3. The lowest BCUT2D eigenvalue weighted by atomic mass is 10.1. The number of unbranched alkanes of at least 4 members (excludes halogenated alkanes) is 22. The Balaban J connectivity index is 2.97. The van der Waals surface area contributed by atoms with Crippen molar-refractivity contribution in [2.45, 2.75) is 168 Å². The third kappa shape index (κ3) is 28.4. The highest BCUT2D eigenvalue weighted by Crippen LogP contribution is 2.15. The SMILES string of the molecule is CCCCCCCCCCCCCCSCCCCCCCCCCCCCC. The van der Waals surface area contributed by atoms with Gasteiger partial charge < -0.3 is 0 Å². The highest BCUT2D eigenvalue weighted by atomic mass is 32.2. The van der Waals surface area contributed by atoms with Crippen LogP contribution in [0, 0.1) is 0 Å². The van der Waals surface area contributed by atoms with E-state index in [0.29, 0.717) is 0 Å². The Bertz CT molecular complexity index is 237. The summed E-state index contributed by atoms with van der Waals surface area (Å²) in [4.78, 5) is 0. The van der Waals surface area contributed by atoms with Gasteiger partial charge in [0, 0.05) is 0 Å². The zero-order valence-electron chi connectivity index (χ0n) is 20.8. The molecule has 0 nitrogen and oxygen atoms in total. The summed E-state index contributed by atoms with van der Waals surface area (Å²) in [6, 6.07) is 0. The predicted octanol–water partition coefficient (Wildman–Crippen LogP) is 11.1. The van der Waals surface area contributed by atoms with Crippen molar-refractivity contribution in [2.24, 2.45) is 0 Å². The van der Waals surface area contributed by atoms with Gasteiger partial charge in [-0.15, -0.1) is 0 Å². The molecular weight excluding hydrogens is 368 g/mol. The average molecular weight is 427 g/mol. The van der Waals surface area contributed by atoms with Crippen LogP contribution < -0.4 is 0 Å². The molecule has 0 aliphatic rings. The number of rotatable bonds is 26. The number of hydrogen-bond donors (Lipinski definition) is 0. The zero-order valence-corrected chi connectivity index (χ0v) is 21.6. The summed E-state index contributed by atoms with van der Waals surface area (Å²) < 4.78 is 0. The van der Waals surface area contributed by atoms with Crippen molar-refractivity contribution < 1.29 is 0 Å². The van der Waals surface area contributed by atoms with Gasteiger partial charge in [0.2, 0.25) is 0 Å². The second-order valence-corrected chi connectivity index (χ2v) is 10.6. The van der Waals surface area contributed by atoms with Crippen molar-refractivity contribution in [3.8, 4) is 0 Å². The van der Waals surface area contributed by atoms with E-state index in [1.54, 1.807) is 0 Å². The van der Waals surface area contributed by atoms with E-state index in [9.17, 15) is 0 Å². The smallest absolute Gasteiger partial charge is 0.00675 e. The van der Waals surface area contributed by atoms with Crippen molar-refractivity contribution in [1.29, 1.82) is 0 Å². The Labute approximate surface area is 191 Å². The van der Waals surface area contributed by atoms with E-state index >= 15 is 0 Å². The zero-order chi connectivity index (χ0) is 21.1. The number of hydrogen-bond acceptors (Lipinski definition) is 1. The van der Waals surface area contributed by atoms with Gasteiger partial charge in [-0.2, -0.15) is 11.8 Å². The molecule has 0 amide bonds. The minimum Gasteiger partial charge on any atom is -0.162 e. The molecule has 0 bridgehead atoms. The van der Waals surface area contributed by atoms with E-state index in [2.05, 4.69) is 25.6 Å². The normalized spacial score (nSPS) is 11.4. The van der Waals surface area contributed by atoms with Crippen LogP contribution >= 0.6 is 11.8 Å². The molecule has 1 heteroatoms. The highest BCUT2D eigenvalue weighted by Gasteiger charge is 1.96. The van der Waals surface area contributed by atoms with Crippen LogP contribution in [0.15, 0.2) is 0 Å². The van der Waals surface area contributed by atoms with E-state index in [-0.39, 0.29) is 0 Å². The molecule has 0 aromatic carbocycles. The van der Waals surface area contributed by atoms with Crippen LogP contribution in [-0.2, 0) is 0 Å². The number of thioether (sulfide) groups is 1. The molecule has 0 saturated heterocycles. The maximum absolute atomic E-state index is 2.30. The van der Waals surface area contributed by atoms with Crippen molar-refractivity contribution in [3.63, 3.8) is 0 Å². The summed E-state index contributed by atoms with van der Waals surface area (Å²) in [6.07, 6.45) is 35.2.